The molecule has 2 aromatic rings. The third-order valence-electron chi connectivity index (χ3n) is 7.16. The van der Waals surface area contributed by atoms with Gasteiger partial charge in [-0.3, -0.25) is 9.69 Å². The number of ether oxygens (including phenoxy) is 1. The van der Waals surface area contributed by atoms with Crippen molar-refractivity contribution in [1.29, 1.82) is 0 Å². The van der Waals surface area contributed by atoms with Crippen LogP contribution in [-0.4, -0.2) is 24.5 Å². The SMILES string of the molecule is CCC[C@H](C(=O)OC)C1CCN(Cc2cc(C(F)(F)F)ccc2C(F)(F)F)[C@@H](c2ccc(C(F)(F)F)cc2)C1. The zero-order valence-corrected chi connectivity index (χ0v) is 21.2. The standard InChI is InChI=1S/C27H28F9NO2/c1-3-4-21(24(38)39-2)17-11-12-37(23(14-17)16-5-7-19(8-6-16)25(28,29)30)15-18-13-20(26(31,32)33)9-10-22(18)27(34,35)36/h5-10,13,17,21,23H,3-4,11-12,14-15H2,1-2H3/t17?,21-,23+/m0/s1. The van der Waals surface area contributed by atoms with Crippen LogP contribution < -0.4 is 0 Å². The fourth-order valence-corrected chi connectivity index (χ4v) is 5.24. The van der Waals surface area contributed by atoms with E-state index in [0.29, 0.717) is 43.0 Å². The van der Waals surface area contributed by atoms with Crippen LogP contribution in [0.4, 0.5) is 39.5 Å². The molecule has 2 aromatic carbocycles. The molecule has 1 unspecified atom stereocenters. The van der Waals surface area contributed by atoms with E-state index >= 15 is 0 Å². The van der Waals surface area contributed by atoms with Crippen LogP contribution in [0.25, 0.3) is 0 Å². The molecule has 1 fully saturated rings. The number of likely N-dealkylation sites (tertiary alicyclic amines) is 1. The molecular weight excluding hydrogens is 541 g/mol. The highest BCUT2D eigenvalue weighted by Crippen LogP contribution is 2.43. The minimum atomic E-state index is -4.92. The smallest absolute Gasteiger partial charge is 0.416 e. The van der Waals surface area contributed by atoms with Gasteiger partial charge in [-0.1, -0.05) is 25.5 Å². The van der Waals surface area contributed by atoms with E-state index < -0.39 is 65.3 Å². The van der Waals surface area contributed by atoms with Crippen LogP contribution in [0.3, 0.4) is 0 Å². The number of esters is 1. The third-order valence-corrected chi connectivity index (χ3v) is 7.16. The monoisotopic (exact) mass is 569 g/mol. The molecule has 1 heterocycles. The average molecular weight is 570 g/mol. The van der Waals surface area contributed by atoms with Gasteiger partial charge in [0.2, 0.25) is 0 Å². The lowest BCUT2D eigenvalue weighted by molar-refractivity contribution is -0.149. The second kappa shape index (κ2) is 11.8. The Morgan fingerprint density at radius 2 is 1.51 bits per heavy atom. The number of halogens is 9. The Morgan fingerprint density at radius 3 is 2.03 bits per heavy atom. The minimum Gasteiger partial charge on any atom is -0.469 e. The summed E-state index contributed by atoms with van der Waals surface area (Å²) in [6.07, 6.45) is -12.7. The van der Waals surface area contributed by atoms with Gasteiger partial charge >= 0.3 is 24.5 Å². The summed E-state index contributed by atoms with van der Waals surface area (Å²) in [5.74, 6) is -1.28. The van der Waals surface area contributed by atoms with Gasteiger partial charge in [0.05, 0.1) is 29.7 Å². The topological polar surface area (TPSA) is 29.5 Å². The first-order chi connectivity index (χ1) is 18.1. The van der Waals surface area contributed by atoms with E-state index in [9.17, 15) is 44.3 Å². The number of carbonyl (C=O) groups excluding carboxylic acids is 1. The van der Waals surface area contributed by atoms with E-state index in [4.69, 9.17) is 4.74 Å². The highest BCUT2D eigenvalue weighted by molar-refractivity contribution is 5.72. The number of piperidine rings is 1. The van der Waals surface area contributed by atoms with E-state index in [0.717, 1.165) is 12.1 Å². The zero-order valence-electron chi connectivity index (χ0n) is 21.2. The van der Waals surface area contributed by atoms with Gasteiger partial charge in [0.1, 0.15) is 0 Å². The minimum absolute atomic E-state index is 0.112. The van der Waals surface area contributed by atoms with E-state index in [1.807, 2.05) is 6.92 Å². The summed E-state index contributed by atoms with van der Waals surface area (Å²) in [5, 5.41) is 0. The number of benzene rings is 2. The second-order valence-corrected chi connectivity index (χ2v) is 9.68. The molecule has 0 saturated carbocycles. The molecule has 0 radical (unpaired) electrons. The quantitative estimate of drug-likeness (QED) is 0.248. The Morgan fingerprint density at radius 1 is 0.923 bits per heavy atom. The maximum Gasteiger partial charge on any atom is 0.416 e. The maximum atomic E-state index is 13.7. The number of hydrogen-bond acceptors (Lipinski definition) is 3. The van der Waals surface area contributed by atoms with Gasteiger partial charge in [-0.2, -0.15) is 39.5 Å². The van der Waals surface area contributed by atoms with Crippen LogP contribution in [0.5, 0.6) is 0 Å². The van der Waals surface area contributed by atoms with Gasteiger partial charge in [-0.05, 0) is 73.2 Å². The number of rotatable bonds is 7. The molecule has 1 aliphatic rings. The van der Waals surface area contributed by atoms with Crippen LogP contribution in [0, 0.1) is 11.8 Å². The number of methoxy groups -OCH3 is 1. The molecule has 0 aliphatic carbocycles. The van der Waals surface area contributed by atoms with Crippen molar-refractivity contribution >= 4 is 5.97 Å². The summed E-state index contributed by atoms with van der Waals surface area (Å²) in [4.78, 5) is 14.0. The van der Waals surface area contributed by atoms with Gasteiger partial charge in [-0.15, -0.1) is 0 Å². The van der Waals surface area contributed by atoms with Crippen molar-refractivity contribution in [2.24, 2.45) is 11.8 Å². The van der Waals surface area contributed by atoms with Gasteiger partial charge < -0.3 is 4.74 Å². The van der Waals surface area contributed by atoms with Crippen LogP contribution in [0.1, 0.15) is 66.5 Å². The predicted octanol–water partition coefficient (Wildman–Crippen LogP) is 8.29. The summed E-state index contributed by atoms with van der Waals surface area (Å²) >= 11 is 0. The van der Waals surface area contributed by atoms with Crippen molar-refractivity contribution in [1.82, 2.24) is 4.90 Å². The largest absolute Gasteiger partial charge is 0.469 e. The summed E-state index contributed by atoms with van der Waals surface area (Å²) < 4.78 is 126. The Labute approximate surface area is 219 Å². The molecule has 216 valence electrons. The molecule has 12 heteroatoms. The lowest BCUT2D eigenvalue weighted by Crippen LogP contribution is -2.40. The first kappa shape index (κ1) is 30.8. The Balaban J connectivity index is 2.04. The molecule has 3 atom stereocenters. The van der Waals surface area contributed by atoms with Crippen LogP contribution in [0.2, 0.25) is 0 Å². The van der Waals surface area contributed by atoms with Crippen LogP contribution in [0.15, 0.2) is 42.5 Å². The van der Waals surface area contributed by atoms with E-state index in [1.165, 1.54) is 24.1 Å². The van der Waals surface area contributed by atoms with Crippen LogP contribution in [-0.2, 0) is 34.6 Å². The molecule has 0 amide bonds. The second-order valence-electron chi connectivity index (χ2n) is 9.68. The molecule has 39 heavy (non-hydrogen) atoms. The fourth-order valence-electron chi connectivity index (χ4n) is 5.24. The van der Waals surface area contributed by atoms with Crippen molar-refractivity contribution in [3.05, 3.63) is 70.3 Å². The van der Waals surface area contributed by atoms with Gasteiger partial charge in [0.25, 0.3) is 0 Å². The first-order valence-corrected chi connectivity index (χ1v) is 12.3. The Kier molecular flexibility index (Phi) is 9.29. The molecule has 0 N–H and O–H groups in total. The Bertz CT molecular complexity index is 1120. The molecule has 1 aliphatic heterocycles. The van der Waals surface area contributed by atoms with E-state index in [-0.39, 0.29) is 18.9 Å². The molecule has 0 bridgehead atoms. The molecule has 1 saturated heterocycles. The molecule has 0 aromatic heterocycles. The molecule has 3 rings (SSSR count). The average Bonchev–Trinajstić information content (AvgIpc) is 2.85. The highest BCUT2D eigenvalue weighted by atomic mass is 19.4. The van der Waals surface area contributed by atoms with E-state index in [2.05, 4.69) is 0 Å². The van der Waals surface area contributed by atoms with Crippen molar-refractivity contribution < 1.29 is 49.0 Å². The van der Waals surface area contributed by atoms with Crippen molar-refractivity contribution in [3.63, 3.8) is 0 Å². The van der Waals surface area contributed by atoms with Crippen molar-refractivity contribution in [3.8, 4) is 0 Å². The third kappa shape index (κ3) is 7.46. The van der Waals surface area contributed by atoms with Crippen molar-refractivity contribution in [2.45, 2.75) is 63.7 Å². The van der Waals surface area contributed by atoms with E-state index in [1.54, 1.807) is 0 Å². The Hall–Kier alpha value is -2.76. The first-order valence-electron chi connectivity index (χ1n) is 12.3. The highest BCUT2D eigenvalue weighted by Gasteiger charge is 2.40. The van der Waals surface area contributed by atoms with Gasteiger partial charge in [-0.25, -0.2) is 0 Å². The molecule has 3 nitrogen and oxygen atoms in total. The summed E-state index contributed by atoms with van der Waals surface area (Å²) in [7, 11) is 1.24. The maximum absolute atomic E-state index is 13.7. The lowest BCUT2D eigenvalue weighted by Gasteiger charge is -2.42. The summed E-state index contributed by atoms with van der Waals surface area (Å²) in [5.41, 5.74) is -3.61. The predicted molar refractivity (Wildman–Crippen MR) is 124 cm³/mol. The van der Waals surface area contributed by atoms with Crippen LogP contribution >= 0.6 is 0 Å². The summed E-state index contributed by atoms with van der Waals surface area (Å²) in [6.45, 7) is 1.46. The zero-order chi connectivity index (χ0) is 29.2. The summed E-state index contributed by atoms with van der Waals surface area (Å²) in [6, 6.07) is 4.63. The fraction of sp³-hybridized carbons (Fsp3) is 0.519. The number of nitrogens with zero attached hydrogens (tertiary/aromatic N) is 1. The molecular formula is C27H28F9NO2. The molecule has 0 spiro atoms. The normalized spacial score (nSPS) is 20.1. The van der Waals surface area contributed by atoms with Gasteiger partial charge in [0, 0.05) is 12.6 Å². The van der Waals surface area contributed by atoms with Crippen molar-refractivity contribution in [2.75, 3.05) is 13.7 Å². The lowest BCUT2D eigenvalue weighted by atomic mass is 9.77. The number of hydrogen-bond donors (Lipinski definition) is 0. The number of carbonyl (C=O) groups is 1. The van der Waals surface area contributed by atoms with Gasteiger partial charge in [0.15, 0.2) is 0 Å². The number of alkyl halides is 9.